The predicted octanol–water partition coefficient (Wildman–Crippen LogP) is 5.27. The molecule has 27 heavy (non-hydrogen) atoms. The fraction of sp³-hybridized carbons (Fsp3) is 0.0952. The van der Waals surface area contributed by atoms with Crippen molar-refractivity contribution in [2.24, 2.45) is 0 Å². The summed E-state index contributed by atoms with van der Waals surface area (Å²) in [5.41, 5.74) is 5.69. The topological polar surface area (TPSA) is 72.5 Å². The Morgan fingerprint density at radius 2 is 1.67 bits per heavy atom. The quantitative estimate of drug-likeness (QED) is 0.398. The number of hydrogen-bond acceptors (Lipinski definition) is 4. The number of nitrogens with zero attached hydrogens (tertiary/aromatic N) is 3. The second-order valence-corrected chi connectivity index (χ2v) is 6.54. The van der Waals surface area contributed by atoms with Gasteiger partial charge in [0.05, 0.1) is 4.92 Å². The van der Waals surface area contributed by atoms with Gasteiger partial charge in [-0.25, -0.2) is 4.98 Å². The van der Waals surface area contributed by atoms with E-state index >= 15 is 0 Å². The van der Waals surface area contributed by atoms with Crippen LogP contribution in [0.1, 0.15) is 11.1 Å². The van der Waals surface area contributed by atoms with Crippen molar-refractivity contribution in [1.82, 2.24) is 9.38 Å². The maximum absolute atomic E-state index is 10.9. The number of nitro benzene ring substituents is 1. The first-order valence-electron chi connectivity index (χ1n) is 8.58. The number of benzene rings is 2. The van der Waals surface area contributed by atoms with Crippen molar-refractivity contribution in [1.29, 1.82) is 0 Å². The highest BCUT2D eigenvalue weighted by molar-refractivity contribution is 5.80. The lowest BCUT2D eigenvalue weighted by atomic mass is 10.1. The Bertz CT molecular complexity index is 1130. The molecule has 0 aliphatic rings. The minimum absolute atomic E-state index is 0.0615. The third kappa shape index (κ3) is 3.25. The van der Waals surface area contributed by atoms with Crippen LogP contribution in [0.4, 0.5) is 17.2 Å². The Labute approximate surface area is 156 Å². The summed E-state index contributed by atoms with van der Waals surface area (Å²) in [5.74, 6) is 0.822. The molecule has 0 atom stereocenters. The van der Waals surface area contributed by atoms with Crippen LogP contribution in [0.3, 0.4) is 0 Å². The molecule has 1 N–H and O–H groups in total. The van der Waals surface area contributed by atoms with Crippen LogP contribution >= 0.6 is 0 Å². The third-order valence-corrected chi connectivity index (χ3v) is 4.45. The van der Waals surface area contributed by atoms with E-state index in [2.05, 4.69) is 5.32 Å². The molecule has 4 aromatic rings. The molecule has 134 valence electrons. The summed E-state index contributed by atoms with van der Waals surface area (Å²) in [4.78, 5) is 15.3. The van der Waals surface area contributed by atoms with Crippen molar-refractivity contribution in [3.63, 3.8) is 0 Å². The van der Waals surface area contributed by atoms with Crippen LogP contribution in [0.25, 0.3) is 16.9 Å². The van der Waals surface area contributed by atoms with Crippen LogP contribution < -0.4 is 5.32 Å². The van der Waals surface area contributed by atoms with E-state index in [1.165, 1.54) is 17.7 Å². The Morgan fingerprint density at radius 3 is 2.33 bits per heavy atom. The van der Waals surface area contributed by atoms with Gasteiger partial charge in [0.2, 0.25) is 0 Å². The molecule has 2 heterocycles. The van der Waals surface area contributed by atoms with Crippen molar-refractivity contribution in [2.45, 2.75) is 13.8 Å². The molecular weight excluding hydrogens is 340 g/mol. The van der Waals surface area contributed by atoms with Gasteiger partial charge in [-0.15, -0.1) is 0 Å². The zero-order valence-electron chi connectivity index (χ0n) is 15.0. The highest BCUT2D eigenvalue weighted by Gasteiger charge is 2.16. The minimum Gasteiger partial charge on any atom is -0.339 e. The van der Waals surface area contributed by atoms with Crippen LogP contribution in [-0.4, -0.2) is 14.3 Å². The van der Waals surface area contributed by atoms with Gasteiger partial charge < -0.3 is 5.32 Å². The summed E-state index contributed by atoms with van der Waals surface area (Å²) in [6.45, 7) is 4.07. The number of aryl methyl sites for hydroxylation is 2. The van der Waals surface area contributed by atoms with Crippen molar-refractivity contribution >= 4 is 22.8 Å². The maximum atomic E-state index is 10.9. The summed E-state index contributed by atoms with van der Waals surface area (Å²) in [5, 5.41) is 14.4. The highest BCUT2D eigenvalue weighted by atomic mass is 16.6. The summed E-state index contributed by atoms with van der Waals surface area (Å²) >= 11 is 0. The first kappa shape index (κ1) is 16.8. The molecule has 0 saturated heterocycles. The lowest BCUT2D eigenvalue weighted by Crippen LogP contribution is -1.97. The first-order valence-corrected chi connectivity index (χ1v) is 8.58. The maximum Gasteiger partial charge on any atom is 0.269 e. The molecule has 4 rings (SSSR count). The third-order valence-electron chi connectivity index (χ3n) is 4.45. The molecular formula is C21H18N4O2. The smallest absolute Gasteiger partial charge is 0.269 e. The number of fused-ring (bicyclic) bond motifs is 1. The second-order valence-electron chi connectivity index (χ2n) is 6.54. The van der Waals surface area contributed by atoms with Gasteiger partial charge in [0.15, 0.2) is 0 Å². The number of non-ortho nitro benzene ring substituents is 1. The number of aromatic nitrogens is 2. The van der Waals surface area contributed by atoms with Gasteiger partial charge in [-0.3, -0.25) is 14.5 Å². The molecule has 0 spiro atoms. The van der Waals surface area contributed by atoms with Gasteiger partial charge in [-0.2, -0.15) is 0 Å². The molecule has 0 saturated carbocycles. The Kier molecular flexibility index (Phi) is 4.08. The molecule has 2 aromatic carbocycles. The minimum atomic E-state index is -0.401. The van der Waals surface area contributed by atoms with Crippen molar-refractivity contribution in [3.8, 4) is 11.3 Å². The number of nitro groups is 1. The van der Waals surface area contributed by atoms with Gasteiger partial charge in [0.1, 0.15) is 17.2 Å². The van der Waals surface area contributed by atoms with Gasteiger partial charge in [-0.05, 0) is 55.8 Å². The van der Waals surface area contributed by atoms with E-state index in [1.54, 1.807) is 12.1 Å². The largest absolute Gasteiger partial charge is 0.339 e. The fourth-order valence-corrected chi connectivity index (χ4v) is 2.98. The van der Waals surface area contributed by atoms with E-state index < -0.39 is 4.92 Å². The molecule has 0 radical (unpaired) electrons. The zero-order valence-corrected chi connectivity index (χ0v) is 15.0. The summed E-state index contributed by atoms with van der Waals surface area (Å²) in [7, 11) is 0. The van der Waals surface area contributed by atoms with Gasteiger partial charge >= 0.3 is 0 Å². The number of nitrogens with one attached hydrogen (secondary N) is 1. The molecule has 0 fully saturated rings. The summed E-state index contributed by atoms with van der Waals surface area (Å²) in [6, 6.07) is 18.6. The number of imidazole rings is 1. The molecule has 6 heteroatoms. The molecule has 6 nitrogen and oxygen atoms in total. The van der Waals surface area contributed by atoms with E-state index in [9.17, 15) is 10.1 Å². The Hall–Kier alpha value is -3.67. The summed E-state index contributed by atoms with van der Waals surface area (Å²) in [6.07, 6.45) is 1.98. The van der Waals surface area contributed by atoms with Gasteiger partial charge in [0, 0.05) is 29.6 Å². The van der Waals surface area contributed by atoms with Gasteiger partial charge in [-0.1, -0.05) is 17.7 Å². The second kappa shape index (κ2) is 6.57. The molecule has 2 aromatic heterocycles. The monoisotopic (exact) mass is 358 g/mol. The Balaban J connectivity index is 1.85. The fourth-order valence-electron chi connectivity index (χ4n) is 2.98. The average molecular weight is 358 g/mol. The van der Waals surface area contributed by atoms with E-state index in [4.69, 9.17) is 4.98 Å². The molecule has 0 unspecified atom stereocenters. The number of hydrogen-bond donors (Lipinski definition) is 1. The molecule has 0 bridgehead atoms. The lowest BCUT2D eigenvalue weighted by Gasteiger charge is -2.09. The van der Waals surface area contributed by atoms with E-state index in [0.717, 1.165) is 34.0 Å². The highest BCUT2D eigenvalue weighted by Crippen LogP contribution is 2.32. The number of rotatable bonds is 4. The van der Waals surface area contributed by atoms with E-state index in [1.807, 2.05) is 60.8 Å². The lowest BCUT2D eigenvalue weighted by molar-refractivity contribution is -0.384. The standard InChI is InChI=1S/C21H18N4O2/c1-14-3-7-17(8-4-14)22-21-20(16-5-9-18(10-6-16)25(26)27)23-19-13-15(2)11-12-24(19)21/h3-13,22H,1-2H3. The predicted molar refractivity (Wildman–Crippen MR) is 106 cm³/mol. The molecule has 0 aliphatic carbocycles. The van der Waals surface area contributed by atoms with Crippen molar-refractivity contribution < 1.29 is 4.92 Å². The summed E-state index contributed by atoms with van der Waals surface area (Å²) < 4.78 is 1.99. The number of pyridine rings is 1. The van der Waals surface area contributed by atoms with Crippen LogP contribution in [0.15, 0.2) is 66.9 Å². The van der Waals surface area contributed by atoms with E-state index in [-0.39, 0.29) is 5.69 Å². The van der Waals surface area contributed by atoms with E-state index in [0.29, 0.717) is 0 Å². The van der Waals surface area contributed by atoms with Crippen LogP contribution in [0.2, 0.25) is 0 Å². The average Bonchev–Trinajstić information content (AvgIpc) is 3.01. The number of anilines is 2. The van der Waals surface area contributed by atoms with Crippen LogP contribution in [0.5, 0.6) is 0 Å². The SMILES string of the molecule is Cc1ccc(Nc2c(-c3ccc([N+](=O)[O-])cc3)nc3cc(C)ccn23)cc1. The normalized spacial score (nSPS) is 10.9. The zero-order chi connectivity index (χ0) is 19.0. The molecule has 0 amide bonds. The molecule has 0 aliphatic heterocycles. The van der Waals surface area contributed by atoms with Crippen LogP contribution in [-0.2, 0) is 0 Å². The van der Waals surface area contributed by atoms with Gasteiger partial charge in [0.25, 0.3) is 5.69 Å². The first-order chi connectivity index (χ1) is 13.0. The van der Waals surface area contributed by atoms with Crippen LogP contribution in [0, 0.1) is 24.0 Å². The van der Waals surface area contributed by atoms with Crippen molar-refractivity contribution in [2.75, 3.05) is 5.32 Å². The van der Waals surface area contributed by atoms with Crippen molar-refractivity contribution in [3.05, 3.63) is 88.1 Å². The Morgan fingerprint density at radius 1 is 0.963 bits per heavy atom.